The van der Waals surface area contributed by atoms with Crippen molar-refractivity contribution in [2.75, 3.05) is 11.9 Å². The topological polar surface area (TPSA) is 82.3 Å². The van der Waals surface area contributed by atoms with Crippen LogP contribution in [0.4, 0.5) is 5.69 Å². The summed E-state index contributed by atoms with van der Waals surface area (Å²) in [6.07, 6.45) is 1.43. The van der Waals surface area contributed by atoms with Crippen molar-refractivity contribution in [3.8, 4) is 17.6 Å². The molecule has 0 aromatic heterocycles. The zero-order valence-corrected chi connectivity index (χ0v) is 16.1. The minimum atomic E-state index is -0.550. The fourth-order valence-electron chi connectivity index (χ4n) is 2.02. The summed E-state index contributed by atoms with van der Waals surface area (Å²) in [5, 5.41) is 22.4. The van der Waals surface area contributed by atoms with Gasteiger partial charge in [0.15, 0.2) is 11.5 Å². The van der Waals surface area contributed by atoms with Crippen molar-refractivity contribution in [1.82, 2.24) is 0 Å². The molecule has 2 aromatic carbocycles. The number of ether oxygens (including phenoxy) is 1. The second-order valence-electron chi connectivity index (χ2n) is 4.92. The Bertz CT molecular complexity index is 875. The zero-order valence-electron chi connectivity index (χ0n) is 13.2. The van der Waals surface area contributed by atoms with Crippen LogP contribution in [-0.4, -0.2) is 17.6 Å². The first-order chi connectivity index (χ1) is 11.9. The number of phenols is 1. The number of nitrogens with zero attached hydrogens (tertiary/aromatic N) is 1. The molecule has 25 heavy (non-hydrogen) atoms. The van der Waals surface area contributed by atoms with E-state index in [1.807, 2.05) is 28.7 Å². The highest BCUT2D eigenvalue weighted by molar-refractivity contribution is 14.1. The lowest BCUT2D eigenvalue weighted by molar-refractivity contribution is -0.112. The number of carbonyl (C=O) groups excluding carboxylic acids is 1. The van der Waals surface area contributed by atoms with E-state index in [9.17, 15) is 15.2 Å². The van der Waals surface area contributed by atoms with Crippen LogP contribution in [0.3, 0.4) is 0 Å². The maximum absolute atomic E-state index is 12.3. The van der Waals surface area contributed by atoms with Gasteiger partial charge in [-0.2, -0.15) is 5.26 Å². The molecule has 1 amide bonds. The molecule has 2 N–H and O–H groups in total. The second kappa shape index (κ2) is 8.74. The summed E-state index contributed by atoms with van der Waals surface area (Å²) < 4.78 is 5.92. The monoisotopic (exact) mass is 468 g/mol. The molecule has 0 unspecified atom stereocenters. The third kappa shape index (κ3) is 5.11. The first kappa shape index (κ1) is 19.1. The van der Waals surface area contributed by atoms with Crippen LogP contribution in [0.2, 0.25) is 5.02 Å². The maximum Gasteiger partial charge on any atom is 0.266 e. The van der Waals surface area contributed by atoms with Crippen LogP contribution < -0.4 is 10.1 Å². The number of amides is 1. The molecule has 0 saturated heterocycles. The van der Waals surface area contributed by atoms with Gasteiger partial charge in [-0.1, -0.05) is 17.7 Å². The lowest BCUT2D eigenvalue weighted by Gasteiger charge is -2.09. The van der Waals surface area contributed by atoms with E-state index in [1.165, 1.54) is 6.08 Å². The van der Waals surface area contributed by atoms with E-state index < -0.39 is 5.91 Å². The molecule has 0 aliphatic rings. The number of phenolic OH excluding ortho intramolecular Hbond substituents is 1. The Kier molecular flexibility index (Phi) is 6.67. The average molecular weight is 469 g/mol. The minimum absolute atomic E-state index is 0.0292. The Hall–Kier alpha value is -2.24. The molecule has 0 saturated carbocycles. The molecule has 5 nitrogen and oxygen atoms in total. The first-order valence-electron chi connectivity index (χ1n) is 7.28. The molecule has 0 heterocycles. The van der Waals surface area contributed by atoms with E-state index >= 15 is 0 Å². The highest BCUT2D eigenvalue weighted by atomic mass is 127. The van der Waals surface area contributed by atoms with E-state index in [0.717, 1.165) is 0 Å². The van der Waals surface area contributed by atoms with Gasteiger partial charge in [0.1, 0.15) is 11.6 Å². The van der Waals surface area contributed by atoms with Crippen molar-refractivity contribution >= 4 is 51.9 Å². The quantitative estimate of drug-likeness (QED) is 0.382. The molecular weight excluding hydrogens is 455 g/mol. The van der Waals surface area contributed by atoms with Gasteiger partial charge in [-0.15, -0.1) is 0 Å². The number of nitriles is 1. The van der Waals surface area contributed by atoms with Crippen LogP contribution in [-0.2, 0) is 4.79 Å². The fourth-order valence-corrected chi connectivity index (χ4v) is 2.84. The summed E-state index contributed by atoms with van der Waals surface area (Å²) in [6, 6.07) is 11.8. The number of hydrogen-bond donors (Lipinski definition) is 2. The van der Waals surface area contributed by atoms with Crippen molar-refractivity contribution in [2.24, 2.45) is 0 Å². The molecule has 0 aliphatic heterocycles. The molecule has 0 aliphatic carbocycles. The summed E-state index contributed by atoms with van der Waals surface area (Å²) in [7, 11) is 0. The normalized spacial score (nSPS) is 10.9. The Morgan fingerprint density at radius 2 is 2.20 bits per heavy atom. The van der Waals surface area contributed by atoms with Crippen LogP contribution in [0.15, 0.2) is 42.0 Å². The smallest absolute Gasteiger partial charge is 0.266 e. The number of nitrogens with one attached hydrogen (secondary N) is 1. The number of aromatic hydroxyl groups is 1. The molecule has 0 atom stereocenters. The van der Waals surface area contributed by atoms with Gasteiger partial charge in [0.2, 0.25) is 0 Å². The highest BCUT2D eigenvalue weighted by Gasteiger charge is 2.13. The molecule has 128 valence electrons. The third-order valence-corrected chi connectivity index (χ3v) is 4.17. The van der Waals surface area contributed by atoms with E-state index in [2.05, 4.69) is 5.32 Å². The van der Waals surface area contributed by atoms with Gasteiger partial charge >= 0.3 is 0 Å². The summed E-state index contributed by atoms with van der Waals surface area (Å²) >= 11 is 7.84. The summed E-state index contributed by atoms with van der Waals surface area (Å²) in [5.74, 6) is -0.222. The van der Waals surface area contributed by atoms with Gasteiger partial charge in [0.25, 0.3) is 5.91 Å². The maximum atomic E-state index is 12.3. The number of rotatable bonds is 5. The number of hydrogen-bond acceptors (Lipinski definition) is 4. The zero-order chi connectivity index (χ0) is 18.4. The summed E-state index contributed by atoms with van der Waals surface area (Å²) in [6.45, 7) is 2.19. The average Bonchev–Trinajstić information content (AvgIpc) is 2.57. The SMILES string of the molecule is CCOc1cc(/C=C(\C#N)C(=O)Nc2cccc(Cl)c2)cc(I)c1O. The largest absolute Gasteiger partial charge is 0.504 e. The fraction of sp³-hybridized carbons (Fsp3) is 0.111. The number of halogens is 2. The van der Waals surface area contributed by atoms with Gasteiger partial charge in [-0.3, -0.25) is 4.79 Å². The molecule has 7 heteroatoms. The van der Waals surface area contributed by atoms with Gasteiger partial charge in [0.05, 0.1) is 10.2 Å². The lowest BCUT2D eigenvalue weighted by atomic mass is 10.1. The van der Waals surface area contributed by atoms with Crippen molar-refractivity contribution in [3.63, 3.8) is 0 Å². The molecule has 0 bridgehead atoms. The van der Waals surface area contributed by atoms with Gasteiger partial charge < -0.3 is 15.2 Å². The van der Waals surface area contributed by atoms with Crippen LogP contribution in [0, 0.1) is 14.9 Å². The summed E-state index contributed by atoms with van der Waals surface area (Å²) in [5.41, 5.74) is 0.987. The van der Waals surface area contributed by atoms with Crippen molar-refractivity contribution in [2.45, 2.75) is 6.92 Å². The Morgan fingerprint density at radius 3 is 2.84 bits per heavy atom. The third-order valence-electron chi connectivity index (χ3n) is 3.11. The van der Waals surface area contributed by atoms with Crippen molar-refractivity contribution < 1.29 is 14.6 Å². The number of anilines is 1. The Labute approximate surface area is 164 Å². The predicted molar refractivity (Wildman–Crippen MR) is 106 cm³/mol. The van der Waals surface area contributed by atoms with E-state index in [1.54, 1.807) is 43.3 Å². The van der Waals surface area contributed by atoms with Crippen molar-refractivity contribution in [3.05, 3.63) is 56.1 Å². The molecule has 0 spiro atoms. The Morgan fingerprint density at radius 1 is 1.44 bits per heavy atom. The van der Waals surface area contributed by atoms with Crippen molar-refractivity contribution in [1.29, 1.82) is 5.26 Å². The molecule has 2 rings (SSSR count). The lowest BCUT2D eigenvalue weighted by Crippen LogP contribution is -2.13. The number of benzene rings is 2. The van der Waals surface area contributed by atoms with Crippen LogP contribution in [0.1, 0.15) is 12.5 Å². The standard InChI is InChI=1S/C18H14ClIN2O3/c1-2-25-16-8-11(7-15(20)17(16)23)6-12(10-21)18(24)22-14-5-3-4-13(19)9-14/h3-9,23H,2H2,1H3,(H,22,24)/b12-6+. The van der Waals surface area contributed by atoms with Crippen LogP contribution >= 0.6 is 34.2 Å². The number of carbonyl (C=O) groups is 1. The predicted octanol–water partition coefficient (Wildman–Crippen LogP) is 4.59. The molecule has 0 radical (unpaired) electrons. The van der Waals surface area contributed by atoms with Crippen LogP contribution in [0.25, 0.3) is 6.08 Å². The highest BCUT2D eigenvalue weighted by Crippen LogP contribution is 2.33. The molecule has 0 fully saturated rings. The van der Waals surface area contributed by atoms with E-state index in [-0.39, 0.29) is 11.3 Å². The van der Waals surface area contributed by atoms with E-state index in [0.29, 0.717) is 32.2 Å². The van der Waals surface area contributed by atoms with Crippen LogP contribution in [0.5, 0.6) is 11.5 Å². The minimum Gasteiger partial charge on any atom is -0.504 e. The second-order valence-corrected chi connectivity index (χ2v) is 6.52. The first-order valence-corrected chi connectivity index (χ1v) is 8.74. The van der Waals surface area contributed by atoms with Gasteiger partial charge in [-0.25, -0.2) is 0 Å². The van der Waals surface area contributed by atoms with E-state index in [4.69, 9.17) is 16.3 Å². The molecular formula is C18H14ClIN2O3. The van der Waals surface area contributed by atoms with Gasteiger partial charge in [-0.05, 0) is 71.5 Å². The Balaban J connectivity index is 2.30. The van der Waals surface area contributed by atoms with Gasteiger partial charge in [0, 0.05) is 10.7 Å². The summed E-state index contributed by atoms with van der Waals surface area (Å²) in [4.78, 5) is 12.3. The molecule has 2 aromatic rings.